The van der Waals surface area contributed by atoms with Gasteiger partial charge in [-0.15, -0.1) is 0 Å². The fourth-order valence-corrected chi connectivity index (χ4v) is 3.50. The lowest BCUT2D eigenvalue weighted by atomic mass is 9.99. The van der Waals surface area contributed by atoms with Crippen molar-refractivity contribution in [2.24, 2.45) is 0 Å². The minimum atomic E-state index is -0.310. The molecule has 2 fully saturated rings. The van der Waals surface area contributed by atoms with Gasteiger partial charge in [-0.25, -0.2) is 4.79 Å². The van der Waals surface area contributed by atoms with E-state index >= 15 is 0 Å². The molecule has 0 radical (unpaired) electrons. The molecular weight excluding hydrogens is 254 g/mol. The number of piperidine rings is 1. The lowest BCUT2D eigenvalue weighted by Gasteiger charge is -2.32. The number of esters is 1. The van der Waals surface area contributed by atoms with Gasteiger partial charge in [0.1, 0.15) is 5.69 Å². The minimum absolute atomic E-state index is 0.310. The number of ether oxygens (including phenoxy) is 1. The lowest BCUT2D eigenvalue weighted by molar-refractivity contribution is 0.0594. The van der Waals surface area contributed by atoms with Gasteiger partial charge in [0.2, 0.25) is 0 Å². The second kappa shape index (κ2) is 5.97. The number of carbonyl (C=O) groups excluding carboxylic acids is 1. The minimum Gasteiger partial charge on any atom is -0.464 e. The predicted molar refractivity (Wildman–Crippen MR) is 76.6 cm³/mol. The van der Waals surface area contributed by atoms with Crippen LogP contribution < -0.4 is 5.32 Å². The number of rotatable bonds is 4. The van der Waals surface area contributed by atoms with E-state index < -0.39 is 0 Å². The number of carbonyl (C=O) groups is 1. The van der Waals surface area contributed by atoms with Crippen LogP contribution in [0.3, 0.4) is 0 Å². The first-order valence-electron chi connectivity index (χ1n) is 7.51. The maximum Gasteiger partial charge on any atom is 0.354 e. The van der Waals surface area contributed by atoms with Crippen LogP contribution in [0.25, 0.3) is 0 Å². The number of methoxy groups -OCH3 is 1. The molecule has 2 saturated heterocycles. The van der Waals surface area contributed by atoms with Gasteiger partial charge in [-0.1, -0.05) is 6.42 Å². The second-order valence-corrected chi connectivity index (χ2v) is 5.76. The summed E-state index contributed by atoms with van der Waals surface area (Å²) in [6.07, 6.45) is 5.25. The van der Waals surface area contributed by atoms with Crippen LogP contribution in [0.5, 0.6) is 0 Å². The first-order valence-corrected chi connectivity index (χ1v) is 7.51. The Hall–Kier alpha value is -1.33. The highest BCUT2D eigenvalue weighted by Crippen LogP contribution is 2.27. The Kier molecular flexibility index (Phi) is 4.08. The smallest absolute Gasteiger partial charge is 0.354 e. The van der Waals surface area contributed by atoms with E-state index in [0.717, 1.165) is 12.2 Å². The summed E-state index contributed by atoms with van der Waals surface area (Å²) in [5, 5.41) is 3.64. The van der Waals surface area contributed by atoms with E-state index in [0.29, 0.717) is 17.8 Å². The van der Waals surface area contributed by atoms with Gasteiger partial charge in [-0.3, -0.25) is 4.90 Å². The number of nitrogens with one attached hydrogen (secondary N) is 2. The number of hydrogen-bond acceptors (Lipinski definition) is 4. The van der Waals surface area contributed by atoms with Crippen molar-refractivity contribution in [1.29, 1.82) is 0 Å². The fraction of sp³-hybridized carbons (Fsp3) is 0.667. The first-order chi connectivity index (χ1) is 9.78. The average Bonchev–Trinajstić information content (AvgIpc) is 3.11. The van der Waals surface area contributed by atoms with Gasteiger partial charge in [0, 0.05) is 30.9 Å². The number of aromatic nitrogens is 1. The maximum absolute atomic E-state index is 11.4. The molecule has 3 rings (SSSR count). The van der Waals surface area contributed by atoms with Crippen molar-refractivity contribution in [1.82, 2.24) is 15.2 Å². The topological polar surface area (TPSA) is 57.4 Å². The molecule has 0 aromatic carbocycles. The monoisotopic (exact) mass is 277 g/mol. The number of fused-ring (bicyclic) bond motifs is 1. The van der Waals surface area contributed by atoms with Crippen molar-refractivity contribution < 1.29 is 9.53 Å². The molecule has 2 N–H and O–H groups in total. The molecule has 2 atom stereocenters. The van der Waals surface area contributed by atoms with Crippen LogP contribution in [-0.4, -0.2) is 48.1 Å². The van der Waals surface area contributed by atoms with Crippen LogP contribution in [0, 0.1) is 0 Å². The molecule has 0 saturated carbocycles. The normalized spacial score (nSPS) is 26.4. The van der Waals surface area contributed by atoms with Crippen LogP contribution in [0.1, 0.15) is 41.9 Å². The van der Waals surface area contributed by atoms with Gasteiger partial charge in [0.15, 0.2) is 0 Å². The lowest BCUT2D eigenvalue weighted by Crippen LogP contribution is -2.44. The highest BCUT2D eigenvalue weighted by Gasteiger charge is 2.34. The van der Waals surface area contributed by atoms with Crippen LogP contribution in [0.4, 0.5) is 0 Å². The Bertz CT molecular complexity index is 471. The molecule has 2 aliphatic heterocycles. The Morgan fingerprint density at radius 3 is 3.15 bits per heavy atom. The van der Waals surface area contributed by atoms with Gasteiger partial charge < -0.3 is 15.0 Å². The summed E-state index contributed by atoms with van der Waals surface area (Å²) >= 11 is 0. The molecule has 110 valence electrons. The summed E-state index contributed by atoms with van der Waals surface area (Å²) in [5.74, 6) is -0.310. The van der Waals surface area contributed by atoms with E-state index in [-0.39, 0.29) is 5.97 Å². The molecule has 1 aromatic heterocycles. The van der Waals surface area contributed by atoms with Crippen molar-refractivity contribution in [3.8, 4) is 0 Å². The third kappa shape index (κ3) is 2.74. The molecule has 0 amide bonds. The molecule has 2 aliphatic rings. The van der Waals surface area contributed by atoms with E-state index in [2.05, 4.69) is 15.2 Å². The highest BCUT2D eigenvalue weighted by molar-refractivity contribution is 5.87. The zero-order valence-electron chi connectivity index (χ0n) is 12.0. The molecule has 5 nitrogen and oxygen atoms in total. The highest BCUT2D eigenvalue weighted by atomic mass is 16.5. The van der Waals surface area contributed by atoms with E-state index in [1.165, 1.54) is 45.9 Å². The van der Waals surface area contributed by atoms with Crippen LogP contribution in [0.15, 0.2) is 12.1 Å². The molecule has 1 aromatic rings. The van der Waals surface area contributed by atoms with Gasteiger partial charge in [-0.2, -0.15) is 0 Å². The van der Waals surface area contributed by atoms with E-state index in [9.17, 15) is 4.79 Å². The summed E-state index contributed by atoms with van der Waals surface area (Å²) in [6, 6.07) is 5.02. The molecule has 0 spiro atoms. The number of H-pyrrole nitrogens is 1. The fourth-order valence-electron chi connectivity index (χ4n) is 3.50. The van der Waals surface area contributed by atoms with Crippen molar-refractivity contribution in [3.05, 3.63) is 23.5 Å². The van der Waals surface area contributed by atoms with Gasteiger partial charge in [0.25, 0.3) is 0 Å². The summed E-state index contributed by atoms with van der Waals surface area (Å²) in [7, 11) is 1.40. The zero-order valence-corrected chi connectivity index (χ0v) is 12.0. The second-order valence-electron chi connectivity index (χ2n) is 5.76. The summed E-state index contributed by atoms with van der Waals surface area (Å²) in [4.78, 5) is 17.1. The Labute approximate surface area is 119 Å². The maximum atomic E-state index is 11.4. The molecule has 0 aliphatic carbocycles. The third-order valence-corrected chi connectivity index (χ3v) is 4.56. The van der Waals surface area contributed by atoms with Gasteiger partial charge in [0.05, 0.1) is 7.11 Å². The van der Waals surface area contributed by atoms with E-state index in [1.54, 1.807) is 6.07 Å². The Morgan fingerprint density at radius 2 is 2.30 bits per heavy atom. The third-order valence-electron chi connectivity index (χ3n) is 4.56. The number of aromatic amines is 1. The molecule has 5 heteroatoms. The number of hydrogen-bond donors (Lipinski definition) is 2. The van der Waals surface area contributed by atoms with Crippen LogP contribution in [-0.2, 0) is 11.3 Å². The molecule has 0 bridgehead atoms. The Balaban J connectivity index is 1.54. The molecule has 2 unspecified atom stereocenters. The van der Waals surface area contributed by atoms with Crippen LogP contribution >= 0.6 is 0 Å². The molecule has 3 heterocycles. The SMILES string of the molecule is COC(=O)c1ccc(CNC2CCN3CCCCC23)[nH]1. The first kappa shape index (κ1) is 13.6. The summed E-state index contributed by atoms with van der Waals surface area (Å²) < 4.78 is 4.70. The Morgan fingerprint density at radius 1 is 1.40 bits per heavy atom. The van der Waals surface area contributed by atoms with E-state index in [1.807, 2.05) is 6.07 Å². The van der Waals surface area contributed by atoms with Crippen molar-refractivity contribution in [2.45, 2.75) is 44.3 Å². The summed E-state index contributed by atoms with van der Waals surface area (Å²) in [5.41, 5.74) is 1.56. The quantitative estimate of drug-likeness (QED) is 0.819. The molecule has 20 heavy (non-hydrogen) atoms. The average molecular weight is 277 g/mol. The number of nitrogens with zero attached hydrogens (tertiary/aromatic N) is 1. The van der Waals surface area contributed by atoms with Crippen molar-refractivity contribution in [2.75, 3.05) is 20.2 Å². The van der Waals surface area contributed by atoms with E-state index in [4.69, 9.17) is 4.74 Å². The largest absolute Gasteiger partial charge is 0.464 e. The van der Waals surface area contributed by atoms with Crippen molar-refractivity contribution in [3.63, 3.8) is 0 Å². The molecular formula is C15H23N3O2. The van der Waals surface area contributed by atoms with Crippen LogP contribution in [0.2, 0.25) is 0 Å². The predicted octanol–water partition coefficient (Wildman–Crippen LogP) is 1.52. The van der Waals surface area contributed by atoms with Gasteiger partial charge in [-0.05, 0) is 37.9 Å². The zero-order chi connectivity index (χ0) is 13.9. The standard InChI is InChI=1S/C15H23N3O2/c1-20-15(19)13-6-5-11(17-13)10-16-12-7-9-18-8-3-2-4-14(12)18/h5-6,12,14,16-17H,2-4,7-10H2,1H3. The van der Waals surface area contributed by atoms with Crippen molar-refractivity contribution >= 4 is 5.97 Å². The van der Waals surface area contributed by atoms with Gasteiger partial charge >= 0.3 is 5.97 Å². The summed E-state index contributed by atoms with van der Waals surface area (Å²) in [6.45, 7) is 3.27.